The van der Waals surface area contributed by atoms with E-state index in [1.54, 1.807) is 11.9 Å². The molecule has 296 valence electrons. The maximum absolute atomic E-state index is 14.1. The third-order valence-electron chi connectivity index (χ3n) is 11.4. The highest BCUT2D eigenvalue weighted by Gasteiger charge is 2.56. The Morgan fingerprint density at radius 1 is 0.891 bits per heavy atom. The number of morpholine rings is 1. The van der Waals surface area contributed by atoms with Crippen LogP contribution in [0.4, 0.5) is 38.5 Å². The molecule has 55 heavy (non-hydrogen) atoms. The van der Waals surface area contributed by atoms with Gasteiger partial charge in [-0.25, -0.2) is 24.5 Å². The number of rotatable bonds is 5. The zero-order valence-corrected chi connectivity index (χ0v) is 34.4. The number of hydrogen-bond donors (Lipinski definition) is 0. The van der Waals surface area contributed by atoms with Crippen LogP contribution in [0.3, 0.4) is 0 Å². The first-order chi connectivity index (χ1) is 25.7. The monoisotopic (exact) mass is 755 g/mol. The fraction of sp³-hybridized carbons (Fsp3) is 0.595. The number of carbonyl (C=O) groups excluding carboxylic acids is 2. The van der Waals surface area contributed by atoms with Crippen molar-refractivity contribution in [2.24, 2.45) is 0 Å². The van der Waals surface area contributed by atoms with Gasteiger partial charge < -0.3 is 33.6 Å². The molecule has 13 heteroatoms. The molecule has 0 saturated carbocycles. The summed E-state index contributed by atoms with van der Waals surface area (Å²) in [4.78, 5) is 50.6. The van der Waals surface area contributed by atoms with E-state index in [0.29, 0.717) is 50.0 Å². The molecule has 2 saturated heterocycles. The molecule has 2 aromatic heterocycles. The number of aryl methyl sites for hydroxylation is 1. The van der Waals surface area contributed by atoms with Gasteiger partial charge in [0.25, 0.3) is 0 Å². The molecule has 3 atom stereocenters. The molecule has 5 heterocycles. The Bertz CT molecular complexity index is 1950. The fourth-order valence-corrected chi connectivity index (χ4v) is 8.18. The third-order valence-corrected chi connectivity index (χ3v) is 11.4. The minimum atomic E-state index is -0.759. The van der Waals surface area contributed by atoms with E-state index in [1.165, 1.54) is 4.90 Å². The van der Waals surface area contributed by atoms with Gasteiger partial charge in [-0.15, -0.1) is 0 Å². The van der Waals surface area contributed by atoms with E-state index in [-0.39, 0.29) is 12.0 Å². The predicted octanol–water partition coefficient (Wildman–Crippen LogP) is 7.79. The number of pyridine rings is 1. The summed E-state index contributed by atoms with van der Waals surface area (Å²) in [5.74, 6) is 1.56. The van der Waals surface area contributed by atoms with E-state index < -0.39 is 39.9 Å². The molecule has 1 aromatic carbocycles. The molecule has 7 rings (SSSR count). The first-order valence-electron chi connectivity index (χ1n) is 19.4. The van der Waals surface area contributed by atoms with Gasteiger partial charge in [0.1, 0.15) is 22.8 Å². The molecule has 0 unspecified atom stereocenters. The Hall–Kier alpha value is -4.49. The van der Waals surface area contributed by atoms with Gasteiger partial charge in [-0.3, -0.25) is 0 Å². The molecular weight excluding hydrogens is 699 g/mol. The Labute approximate surface area is 325 Å². The van der Waals surface area contributed by atoms with Crippen molar-refractivity contribution in [2.45, 2.75) is 122 Å². The second-order valence-electron chi connectivity index (χ2n) is 18.4. The van der Waals surface area contributed by atoms with Crippen molar-refractivity contribution in [3.8, 4) is 0 Å². The van der Waals surface area contributed by atoms with Crippen molar-refractivity contribution in [2.75, 3.05) is 54.7 Å². The molecule has 4 aliphatic rings. The van der Waals surface area contributed by atoms with Crippen molar-refractivity contribution in [3.63, 3.8) is 0 Å². The number of carbonyl (C=O) groups is 2. The largest absolute Gasteiger partial charge is 0.444 e. The van der Waals surface area contributed by atoms with Crippen LogP contribution < -0.4 is 14.7 Å². The first-order valence-corrected chi connectivity index (χ1v) is 19.4. The Kier molecular flexibility index (Phi) is 9.60. The van der Waals surface area contributed by atoms with Gasteiger partial charge in [0.2, 0.25) is 5.95 Å². The lowest BCUT2D eigenvalue weighted by molar-refractivity contribution is -0.0893. The number of nitrogens with zero attached hydrogens (tertiary/aromatic N) is 7. The highest BCUT2D eigenvalue weighted by molar-refractivity contribution is 5.95. The number of fused-ring (bicyclic) bond motifs is 4. The fourth-order valence-electron chi connectivity index (χ4n) is 8.18. The molecule has 1 aliphatic carbocycles. The van der Waals surface area contributed by atoms with Crippen molar-refractivity contribution < 1.29 is 28.5 Å². The van der Waals surface area contributed by atoms with Crippen molar-refractivity contribution in [3.05, 3.63) is 59.4 Å². The Morgan fingerprint density at radius 2 is 1.55 bits per heavy atom. The average Bonchev–Trinajstić information content (AvgIpc) is 3.57. The highest BCUT2D eigenvalue weighted by Crippen LogP contribution is 2.54. The van der Waals surface area contributed by atoms with E-state index in [0.717, 1.165) is 42.0 Å². The lowest BCUT2D eigenvalue weighted by Gasteiger charge is -2.46. The van der Waals surface area contributed by atoms with Gasteiger partial charge >= 0.3 is 12.2 Å². The number of ether oxygens (including phenoxy) is 4. The van der Waals surface area contributed by atoms with Crippen LogP contribution in [0.2, 0.25) is 0 Å². The van der Waals surface area contributed by atoms with Crippen LogP contribution in [0.15, 0.2) is 42.6 Å². The molecule has 0 N–H and O–H groups in total. The molecular formula is C42H57N7O6. The number of aromatic nitrogens is 3. The third kappa shape index (κ3) is 7.33. The summed E-state index contributed by atoms with van der Waals surface area (Å²) >= 11 is 0. The van der Waals surface area contributed by atoms with Crippen LogP contribution in [0, 0.1) is 0 Å². The summed E-state index contributed by atoms with van der Waals surface area (Å²) in [6.45, 7) is 23.0. The van der Waals surface area contributed by atoms with E-state index >= 15 is 0 Å². The standard InChI is InChI=1S/C42H57N7O6/c1-38(2,3)54-36(50)46(11)42(10)19-18-27-12-17-32(44-33(27)42)49-31-24-40(7,8)53-26-41(31,9)30-25-43-35(45-34(30)49)48(37(51)55-39(4,5)6)29-15-13-28(14-16-29)47-20-22-52-23-21-47/h12-17,25,31H,18-24,26H2,1-11H3/t31-,41-,42-/m1/s1. The molecule has 0 spiro atoms. The van der Waals surface area contributed by atoms with E-state index in [1.807, 2.05) is 78.1 Å². The average molecular weight is 756 g/mol. The normalized spacial score (nSPS) is 24.5. The van der Waals surface area contributed by atoms with Crippen LogP contribution in [0.1, 0.15) is 98.9 Å². The second-order valence-corrected chi connectivity index (χ2v) is 18.4. The number of benzene rings is 1. The van der Waals surface area contributed by atoms with Crippen LogP contribution in [0.25, 0.3) is 0 Å². The quantitative estimate of drug-likeness (QED) is 0.254. The number of amides is 2. The molecule has 3 aromatic rings. The van der Waals surface area contributed by atoms with E-state index in [4.69, 9.17) is 33.9 Å². The molecule has 0 radical (unpaired) electrons. The molecule has 2 amide bonds. The van der Waals surface area contributed by atoms with Gasteiger partial charge in [0.15, 0.2) is 0 Å². The topological polar surface area (TPSA) is 123 Å². The summed E-state index contributed by atoms with van der Waals surface area (Å²) in [5.41, 5.74) is 1.51. The van der Waals surface area contributed by atoms with Gasteiger partial charge in [-0.05, 0) is 117 Å². The van der Waals surface area contributed by atoms with E-state index in [9.17, 15) is 9.59 Å². The van der Waals surface area contributed by atoms with Crippen LogP contribution in [0.5, 0.6) is 0 Å². The molecule has 2 fully saturated rings. The maximum Gasteiger partial charge on any atom is 0.421 e. The van der Waals surface area contributed by atoms with Gasteiger partial charge in [0, 0.05) is 43.0 Å². The maximum atomic E-state index is 14.1. The van der Waals surface area contributed by atoms with Gasteiger partial charge in [-0.2, -0.15) is 4.98 Å². The summed E-state index contributed by atoms with van der Waals surface area (Å²) in [6, 6.07) is 11.9. The Balaban J connectivity index is 1.33. The van der Waals surface area contributed by atoms with Crippen LogP contribution in [-0.2, 0) is 36.3 Å². The number of anilines is 5. The lowest BCUT2D eigenvalue weighted by atomic mass is 9.73. The van der Waals surface area contributed by atoms with Gasteiger partial charge in [0.05, 0.1) is 48.4 Å². The van der Waals surface area contributed by atoms with Gasteiger partial charge in [-0.1, -0.05) is 13.0 Å². The first kappa shape index (κ1) is 38.8. The van der Waals surface area contributed by atoms with Crippen LogP contribution in [-0.4, -0.2) is 94.8 Å². The minimum absolute atomic E-state index is 0.0830. The summed E-state index contributed by atoms with van der Waals surface area (Å²) in [6.07, 6.45) is 3.06. The van der Waals surface area contributed by atoms with Crippen LogP contribution >= 0.6 is 0 Å². The zero-order valence-electron chi connectivity index (χ0n) is 34.4. The summed E-state index contributed by atoms with van der Waals surface area (Å²) in [7, 11) is 1.79. The van der Waals surface area contributed by atoms with Crippen molar-refractivity contribution >= 4 is 41.1 Å². The lowest BCUT2D eigenvalue weighted by Crippen LogP contribution is -2.54. The Morgan fingerprint density at radius 3 is 2.20 bits per heavy atom. The highest BCUT2D eigenvalue weighted by atomic mass is 16.6. The predicted molar refractivity (Wildman–Crippen MR) is 212 cm³/mol. The van der Waals surface area contributed by atoms with Crippen molar-refractivity contribution in [1.29, 1.82) is 0 Å². The second kappa shape index (κ2) is 13.6. The SMILES string of the molecule is CN(C(=O)OC(C)(C)C)[C@]1(C)CCc2ccc(N3c4nc(N(C(=O)OC(C)(C)C)c5ccc(N6CCOCC6)cc5)ncc4[C@@]4(C)COC(C)(C)C[C@@H]34)nc21. The van der Waals surface area contributed by atoms with E-state index in [2.05, 4.69) is 43.6 Å². The summed E-state index contributed by atoms with van der Waals surface area (Å²) in [5, 5.41) is 0. The molecule has 13 nitrogen and oxygen atoms in total. The minimum Gasteiger partial charge on any atom is -0.444 e. The molecule has 3 aliphatic heterocycles. The zero-order chi connectivity index (χ0) is 39.7. The number of hydrogen-bond acceptors (Lipinski definition) is 11. The summed E-state index contributed by atoms with van der Waals surface area (Å²) < 4.78 is 23.8. The molecule has 0 bridgehead atoms. The smallest absolute Gasteiger partial charge is 0.421 e. The van der Waals surface area contributed by atoms with Crippen molar-refractivity contribution in [1.82, 2.24) is 19.9 Å².